The number of benzene rings is 2. The number of aromatic carboxylic acids is 1. The molecule has 0 aliphatic heterocycles. The van der Waals surface area contributed by atoms with E-state index < -0.39 is 22.5 Å². The first-order chi connectivity index (χ1) is 12.3. The van der Waals surface area contributed by atoms with Gasteiger partial charge in [-0.3, -0.25) is 14.9 Å². The van der Waals surface area contributed by atoms with Gasteiger partial charge in [0, 0.05) is 11.8 Å². The van der Waals surface area contributed by atoms with Crippen molar-refractivity contribution in [1.82, 2.24) is 0 Å². The topological polar surface area (TPSA) is 133 Å². The molecule has 0 aliphatic rings. The van der Waals surface area contributed by atoms with Crippen LogP contribution in [0.25, 0.3) is 6.08 Å². The molecule has 2 N–H and O–H groups in total. The zero-order chi connectivity index (χ0) is 19.3. The Bertz CT molecular complexity index is 979. The van der Waals surface area contributed by atoms with Gasteiger partial charge in [0.25, 0.3) is 11.6 Å². The molecule has 0 atom stereocenters. The molecule has 0 radical (unpaired) electrons. The quantitative estimate of drug-likeness (QED) is 0.357. The summed E-state index contributed by atoms with van der Waals surface area (Å²) in [6, 6.07) is 11.2. The van der Waals surface area contributed by atoms with Gasteiger partial charge in [-0.2, -0.15) is 5.26 Å². The summed E-state index contributed by atoms with van der Waals surface area (Å²) in [6.45, 7) is 0. The van der Waals surface area contributed by atoms with Crippen molar-refractivity contribution in [2.24, 2.45) is 0 Å². The number of carbonyl (C=O) groups excluding carboxylic acids is 1. The highest BCUT2D eigenvalue weighted by Gasteiger charge is 2.16. The third-order valence-corrected chi connectivity index (χ3v) is 3.58. The van der Waals surface area contributed by atoms with Gasteiger partial charge >= 0.3 is 5.97 Å². The molecule has 0 heterocycles. The van der Waals surface area contributed by atoms with Gasteiger partial charge in [0.15, 0.2) is 0 Å². The molecule has 8 nitrogen and oxygen atoms in total. The van der Waals surface area contributed by atoms with Gasteiger partial charge in [0.1, 0.15) is 16.7 Å². The van der Waals surface area contributed by atoms with Crippen LogP contribution in [0.2, 0.25) is 5.02 Å². The van der Waals surface area contributed by atoms with Crippen molar-refractivity contribution in [3.8, 4) is 6.07 Å². The van der Waals surface area contributed by atoms with Crippen molar-refractivity contribution in [1.29, 1.82) is 5.26 Å². The van der Waals surface area contributed by atoms with E-state index in [0.29, 0.717) is 0 Å². The maximum atomic E-state index is 12.2. The zero-order valence-corrected chi connectivity index (χ0v) is 13.7. The highest BCUT2D eigenvalue weighted by atomic mass is 35.5. The molecule has 0 fully saturated rings. The number of nitro groups is 1. The van der Waals surface area contributed by atoms with Crippen LogP contribution in [0.3, 0.4) is 0 Å². The number of hydrogen-bond donors (Lipinski definition) is 2. The van der Waals surface area contributed by atoms with E-state index >= 15 is 0 Å². The van der Waals surface area contributed by atoms with Gasteiger partial charge in [-0.05, 0) is 29.8 Å². The van der Waals surface area contributed by atoms with Crippen molar-refractivity contribution < 1.29 is 19.6 Å². The molecule has 9 heteroatoms. The van der Waals surface area contributed by atoms with Crippen LogP contribution in [0, 0.1) is 21.4 Å². The van der Waals surface area contributed by atoms with Crippen molar-refractivity contribution in [2.45, 2.75) is 0 Å². The monoisotopic (exact) mass is 371 g/mol. The summed E-state index contributed by atoms with van der Waals surface area (Å²) in [5, 5.41) is 31.5. The molecular weight excluding hydrogens is 362 g/mol. The summed E-state index contributed by atoms with van der Waals surface area (Å²) in [5.74, 6) is -2.05. The zero-order valence-electron chi connectivity index (χ0n) is 13.0. The van der Waals surface area contributed by atoms with E-state index in [4.69, 9.17) is 16.7 Å². The van der Waals surface area contributed by atoms with E-state index in [1.54, 1.807) is 12.1 Å². The van der Waals surface area contributed by atoms with Crippen molar-refractivity contribution >= 4 is 40.9 Å². The molecule has 2 aromatic carbocycles. The molecule has 130 valence electrons. The minimum atomic E-state index is -1.21. The van der Waals surface area contributed by atoms with Gasteiger partial charge < -0.3 is 10.4 Å². The number of nitro benzene ring substituents is 1. The average molecular weight is 372 g/mol. The number of nitrogens with one attached hydrogen (secondary N) is 1. The highest BCUT2D eigenvalue weighted by molar-refractivity contribution is 6.32. The second-order valence-corrected chi connectivity index (χ2v) is 5.35. The summed E-state index contributed by atoms with van der Waals surface area (Å²) in [6.07, 6.45) is 1.13. The average Bonchev–Trinajstić information content (AvgIpc) is 2.61. The molecular formula is C17H10ClN3O5. The Morgan fingerprint density at radius 2 is 1.96 bits per heavy atom. The SMILES string of the molecule is N#C/C(=C\c1ccccc1C(=O)O)C(=O)Nc1ccc(Cl)c([N+](=O)[O-])c1. The lowest BCUT2D eigenvalue weighted by molar-refractivity contribution is -0.384. The Morgan fingerprint density at radius 3 is 2.58 bits per heavy atom. The Morgan fingerprint density at radius 1 is 1.27 bits per heavy atom. The first kappa shape index (κ1) is 18.6. The largest absolute Gasteiger partial charge is 0.478 e. The molecule has 2 aromatic rings. The van der Waals surface area contributed by atoms with E-state index in [0.717, 1.165) is 12.1 Å². The second-order valence-electron chi connectivity index (χ2n) is 4.94. The number of halogens is 1. The number of carboxylic acids is 1. The molecule has 0 saturated heterocycles. The number of carboxylic acid groups (broad SMARTS) is 1. The van der Waals surface area contributed by atoms with E-state index in [-0.39, 0.29) is 27.4 Å². The molecule has 0 bridgehead atoms. The molecule has 26 heavy (non-hydrogen) atoms. The Balaban J connectivity index is 2.34. The summed E-state index contributed by atoms with van der Waals surface area (Å²) in [4.78, 5) is 33.6. The molecule has 0 aromatic heterocycles. The number of nitrogens with zero attached hydrogens (tertiary/aromatic N) is 2. The van der Waals surface area contributed by atoms with Crippen LogP contribution in [-0.2, 0) is 4.79 Å². The first-order valence-corrected chi connectivity index (χ1v) is 7.40. The van der Waals surface area contributed by atoms with E-state index in [1.165, 1.54) is 30.3 Å². The maximum Gasteiger partial charge on any atom is 0.336 e. The fourth-order valence-electron chi connectivity index (χ4n) is 2.05. The lowest BCUT2D eigenvalue weighted by Gasteiger charge is -2.06. The Hall–Kier alpha value is -3.70. The van der Waals surface area contributed by atoms with Crippen molar-refractivity contribution in [2.75, 3.05) is 5.32 Å². The molecule has 0 spiro atoms. The van der Waals surface area contributed by atoms with Crippen LogP contribution < -0.4 is 5.32 Å². The van der Waals surface area contributed by atoms with Crippen molar-refractivity contribution in [3.63, 3.8) is 0 Å². The predicted octanol–water partition coefficient (Wildman–Crippen LogP) is 3.49. The molecule has 0 unspecified atom stereocenters. The fourth-order valence-corrected chi connectivity index (χ4v) is 2.24. The van der Waals surface area contributed by atoms with Crippen LogP contribution in [0.1, 0.15) is 15.9 Å². The lowest BCUT2D eigenvalue weighted by atomic mass is 10.0. The number of anilines is 1. The molecule has 0 saturated carbocycles. The molecule has 1 amide bonds. The third-order valence-electron chi connectivity index (χ3n) is 3.26. The van der Waals surface area contributed by atoms with Crippen LogP contribution in [0.4, 0.5) is 11.4 Å². The van der Waals surface area contributed by atoms with E-state index in [1.807, 2.05) is 0 Å². The maximum absolute atomic E-state index is 12.2. The predicted molar refractivity (Wildman–Crippen MR) is 93.7 cm³/mol. The summed E-state index contributed by atoms with van der Waals surface area (Å²) < 4.78 is 0. The minimum Gasteiger partial charge on any atom is -0.478 e. The third kappa shape index (κ3) is 4.23. The summed E-state index contributed by atoms with van der Waals surface area (Å²) in [7, 11) is 0. The fraction of sp³-hybridized carbons (Fsp3) is 0. The summed E-state index contributed by atoms with van der Waals surface area (Å²) >= 11 is 5.70. The van der Waals surface area contributed by atoms with Crippen LogP contribution in [-0.4, -0.2) is 21.9 Å². The van der Waals surface area contributed by atoms with Crippen LogP contribution in [0.15, 0.2) is 48.0 Å². The van der Waals surface area contributed by atoms with Gasteiger partial charge in [0.2, 0.25) is 0 Å². The smallest absolute Gasteiger partial charge is 0.336 e. The normalized spacial score (nSPS) is 10.7. The number of nitriles is 1. The van der Waals surface area contributed by atoms with Gasteiger partial charge in [-0.1, -0.05) is 29.8 Å². The van der Waals surface area contributed by atoms with Crippen LogP contribution >= 0.6 is 11.6 Å². The Kier molecular flexibility index (Phi) is 5.67. The van der Waals surface area contributed by atoms with Gasteiger partial charge in [-0.25, -0.2) is 4.79 Å². The van der Waals surface area contributed by atoms with Gasteiger partial charge in [-0.15, -0.1) is 0 Å². The highest BCUT2D eigenvalue weighted by Crippen LogP contribution is 2.27. The number of carbonyl (C=O) groups is 2. The number of hydrogen-bond acceptors (Lipinski definition) is 5. The Labute approximate surface area is 152 Å². The van der Waals surface area contributed by atoms with Crippen LogP contribution in [0.5, 0.6) is 0 Å². The molecule has 0 aliphatic carbocycles. The van der Waals surface area contributed by atoms with Crippen molar-refractivity contribution in [3.05, 3.63) is 74.3 Å². The first-order valence-electron chi connectivity index (χ1n) is 7.03. The molecule has 2 rings (SSSR count). The second kappa shape index (κ2) is 7.92. The lowest BCUT2D eigenvalue weighted by Crippen LogP contribution is -2.14. The number of rotatable bonds is 5. The summed E-state index contributed by atoms with van der Waals surface area (Å²) in [5.41, 5.74) is -0.595. The standard InChI is InChI=1S/C17H10ClN3O5/c18-14-6-5-12(8-15(14)21(25)26)20-16(22)11(9-19)7-10-3-1-2-4-13(10)17(23)24/h1-8H,(H,20,22)(H,23,24)/b11-7+. The van der Waals surface area contributed by atoms with E-state index in [9.17, 15) is 25.0 Å². The number of amides is 1. The van der Waals surface area contributed by atoms with E-state index in [2.05, 4.69) is 5.32 Å². The van der Waals surface area contributed by atoms with Gasteiger partial charge in [0.05, 0.1) is 10.5 Å². The minimum absolute atomic E-state index is 0.0683.